The lowest BCUT2D eigenvalue weighted by molar-refractivity contribution is 0.236. The monoisotopic (exact) mass is 268 g/mol. The summed E-state index contributed by atoms with van der Waals surface area (Å²) in [6.45, 7) is 5.64. The number of nitrogens with one attached hydrogen (secondary N) is 2. The first-order valence-electron chi connectivity index (χ1n) is 6.48. The fourth-order valence-corrected chi connectivity index (χ4v) is 1.40. The number of amides is 2. The maximum atomic E-state index is 12.6. The number of ether oxygens (including phenoxy) is 1. The number of carbonyl (C=O) groups excluding carboxylic acids is 1. The Morgan fingerprint density at radius 1 is 1.21 bits per heavy atom. The second-order valence-electron chi connectivity index (χ2n) is 4.67. The van der Waals surface area contributed by atoms with Gasteiger partial charge in [0.05, 0.1) is 6.54 Å². The summed E-state index contributed by atoms with van der Waals surface area (Å²) in [5, 5.41) is 5.45. The Kier molecular flexibility index (Phi) is 6.71. The van der Waals surface area contributed by atoms with E-state index in [0.29, 0.717) is 31.4 Å². The molecule has 5 heteroatoms. The highest BCUT2D eigenvalue weighted by atomic mass is 19.1. The van der Waals surface area contributed by atoms with Gasteiger partial charge in [-0.3, -0.25) is 0 Å². The highest BCUT2D eigenvalue weighted by Crippen LogP contribution is 2.10. The topological polar surface area (TPSA) is 50.4 Å². The molecular formula is C14H21FN2O2. The molecule has 2 N–H and O–H groups in total. The SMILES string of the molecule is CC(C)CCNC(=O)NCCOc1ccc(F)cc1. The fraction of sp³-hybridized carbons (Fsp3) is 0.500. The van der Waals surface area contributed by atoms with Crippen LogP contribution >= 0.6 is 0 Å². The van der Waals surface area contributed by atoms with Crippen molar-refractivity contribution in [3.8, 4) is 5.75 Å². The van der Waals surface area contributed by atoms with Crippen LogP contribution in [0.25, 0.3) is 0 Å². The molecule has 1 aromatic carbocycles. The second kappa shape index (κ2) is 8.34. The van der Waals surface area contributed by atoms with E-state index in [1.807, 2.05) is 0 Å². The van der Waals surface area contributed by atoms with Crippen molar-refractivity contribution in [2.75, 3.05) is 19.7 Å². The summed E-state index contributed by atoms with van der Waals surface area (Å²) < 4.78 is 18.0. The summed E-state index contributed by atoms with van der Waals surface area (Å²) in [5.74, 6) is 0.862. The predicted molar refractivity (Wildman–Crippen MR) is 72.8 cm³/mol. The maximum Gasteiger partial charge on any atom is 0.314 e. The van der Waals surface area contributed by atoms with Gasteiger partial charge in [-0.05, 0) is 36.6 Å². The first kappa shape index (κ1) is 15.3. The maximum absolute atomic E-state index is 12.6. The van der Waals surface area contributed by atoms with Crippen LogP contribution in [0.4, 0.5) is 9.18 Å². The summed E-state index contributed by atoms with van der Waals surface area (Å²) in [6, 6.07) is 5.59. The fourth-order valence-electron chi connectivity index (χ4n) is 1.40. The minimum atomic E-state index is -0.296. The zero-order chi connectivity index (χ0) is 14.1. The molecule has 0 aliphatic rings. The van der Waals surface area contributed by atoms with Crippen LogP contribution in [0.3, 0.4) is 0 Å². The zero-order valence-corrected chi connectivity index (χ0v) is 11.4. The molecule has 1 aromatic rings. The van der Waals surface area contributed by atoms with Crippen LogP contribution in [0.1, 0.15) is 20.3 Å². The molecule has 0 saturated heterocycles. The van der Waals surface area contributed by atoms with Crippen LogP contribution in [0, 0.1) is 11.7 Å². The third-order valence-electron chi connectivity index (χ3n) is 2.48. The molecule has 106 valence electrons. The van der Waals surface area contributed by atoms with E-state index < -0.39 is 0 Å². The normalized spacial score (nSPS) is 10.3. The van der Waals surface area contributed by atoms with Gasteiger partial charge in [0, 0.05) is 6.54 Å². The van der Waals surface area contributed by atoms with E-state index in [1.165, 1.54) is 12.1 Å². The van der Waals surface area contributed by atoms with Gasteiger partial charge in [-0.15, -0.1) is 0 Å². The van der Waals surface area contributed by atoms with Crippen molar-refractivity contribution in [1.82, 2.24) is 10.6 Å². The van der Waals surface area contributed by atoms with Gasteiger partial charge >= 0.3 is 6.03 Å². The molecule has 4 nitrogen and oxygen atoms in total. The predicted octanol–water partition coefficient (Wildman–Crippen LogP) is 2.55. The summed E-state index contributed by atoms with van der Waals surface area (Å²) in [7, 11) is 0. The third kappa shape index (κ3) is 7.28. The average molecular weight is 268 g/mol. The minimum absolute atomic E-state index is 0.191. The van der Waals surface area contributed by atoms with Crippen molar-refractivity contribution in [2.45, 2.75) is 20.3 Å². The van der Waals surface area contributed by atoms with Crippen LogP contribution < -0.4 is 15.4 Å². The minimum Gasteiger partial charge on any atom is -0.492 e. The third-order valence-corrected chi connectivity index (χ3v) is 2.48. The summed E-state index contributed by atoms with van der Waals surface area (Å²) in [5.41, 5.74) is 0. The van der Waals surface area contributed by atoms with Gasteiger partial charge in [-0.25, -0.2) is 9.18 Å². The number of hydrogen-bond donors (Lipinski definition) is 2. The molecule has 0 heterocycles. The number of rotatable bonds is 7. The van der Waals surface area contributed by atoms with Crippen molar-refractivity contribution in [3.63, 3.8) is 0 Å². The number of hydrogen-bond acceptors (Lipinski definition) is 2. The number of urea groups is 1. The van der Waals surface area contributed by atoms with E-state index in [2.05, 4.69) is 24.5 Å². The van der Waals surface area contributed by atoms with Gasteiger partial charge in [0.2, 0.25) is 0 Å². The molecule has 0 aromatic heterocycles. The molecule has 0 atom stereocenters. The molecule has 0 saturated carbocycles. The Labute approximate surface area is 113 Å². The summed E-state index contributed by atoms with van der Waals surface area (Å²) >= 11 is 0. The molecule has 0 aliphatic carbocycles. The van der Waals surface area contributed by atoms with Crippen LogP contribution in [-0.2, 0) is 0 Å². The van der Waals surface area contributed by atoms with Crippen molar-refractivity contribution in [1.29, 1.82) is 0 Å². The molecule has 0 aliphatic heterocycles. The van der Waals surface area contributed by atoms with E-state index in [1.54, 1.807) is 12.1 Å². The van der Waals surface area contributed by atoms with E-state index in [4.69, 9.17) is 4.74 Å². The van der Waals surface area contributed by atoms with Crippen molar-refractivity contribution < 1.29 is 13.9 Å². The van der Waals surface area contributed by atoms with Crippen molar-refractivity contribution in [2.24, 2.45) is 5.92 Å². The van der Waals surface area contributed by atoms with E-state index >= 15 is 0 Å². The molecule has 2 amide bonds. The Hall–Kier alpha value is -1.78. The van der Waals surface area contributed by atoms with Gasteiger partial charge in [0.15, 0.2) is 0 Å². The molecule has 19 heavy (non-hydrogen) atoms. The quantitative estimate of drug-likeness (QED) is 0.747. The van der Waals surface area contributed by atoms with E-state index in [0.717, 1.165) is 6.42 Å². The molecule has 0 fully saturated rings. The second-order valence-corrected chi connectivity index (χ2v) is 4.67. The van der Waals surface area contributed by atoms with Gasteiger partial charge in [0.1, 0.15) is 18.2 Å². The zero-order valence-electron chi connectivity index (χ0n) is 11.4. The van der Waals surface area contributed by atoms with Crippen LogP contribution in [0.15, 0.2) is 24.3 Å². The molecule has 1 rings (SSSR count). The lowest BCUT2D eigenvalue weighted by Gasteiger charge is -2.09. The van der Waals surface area contributed by atoms with Gasteiger partial charge in [0.25, 0.3) is 0 Å². The van der Waals surface area contributed by atoms with Gasteiger partial charge in [-0.2, -0.15) is 0 Å². The van der Waals surface area contributed by atoms with Crippen molar-refractivity contribution in [3.05, 3.63) is 30.1 Å². The lowest BCUT2D eigenvalue weighted by Crippen LogP contribution is -2.38. The van der Waals surface area contributed by atoms with Crippen LogP contribution in [0.2, 0.25) is 0 Å². The summed E-state index contributed by atoms with van der Waals surface area (Å²) in [4.78, 5) is 11.4. The number of carbonyl (C=O) groups is 1. The Morgan fingerprint density at radius 3 is 2.47 bits per heavy atom. The Balaban J connectivity index is 2.07. The first-order chi connectivity index (χ1) is 9.08. The first-order valence-corrected chi connectivity index (χ1v) is 6.48. The Morgan fingerprint density at radius 2 is 1.84 bits per heavy atom. The lowest BCUT2D eigenvalue weighted by atomic mass is 10.1. The standard InChI is InChI=1S/C14H21FN2O2/c1-11(2)7-8-16-14(18)17-9-10-19-13-5-3-12(15)4-6-13/h3-6,11H,7-10H2,1-2H3,(H2,16,17,18). The van der Waals surface area contributed by atoms with E-state index in [-0.39, 0.29) is 11.8 Å². The van der Waals surface area contributed by atoms with Crippen LogP contribution in [0.5, 0.6) is 5.75 Å². The highest BCUT2D eigenvalue weighted by Gasteiger charge is 2.00. The van der Waals surface area contributed by atoms with Gasteiger partial charge in [-0.1, -0.05) is 13.8 Å². The Bertz CT molecular complexity index is 380. The van der Waals surface area contributed by atoms with E-state index in [9.17, 15) is 9.18 Å². The van der Waals surface area contributed by atoms with Crippen LogP contribution in [-0.4, -0.2) is 25.7 Å². The molecule has 0 spiro atoms. The van der Waals surface area contributed by atoms with Crippen molar-refractivity contribution >= 4 is 6.03 Å². The van der Waals surface area contributed by atoms with Gasteiger partial charge < -0.3 is 15.4 Å². The number of halogens is 1. The highest BCUT2D eigenvalue weighted by molar-refractivity contribution is 5.73. The molecular weight excluding hydrogens is 247 g/mol. The molecule has 0 unspecified atom stereocenters. The smallest absolute Gasteiger partial charge is 0.314 e. The molecule has 0 radical (unpaired) electrons. The molecule has 0 bridgehead atoms. The summed E-state index contributed by atoms with van der Waals surface area (Å²) in [6.07, 6.45) is 0.958. The average Bonchev–Trinajstić information content (AvgIpc) is 2.36. The largest absolute Gasteiger partial charge is 0.492 e. The number of benzene rings is 1.